The lowest BCUT2D eigenvalue weighted by Crippen LogP contribution is -2.42. The number of carbonyl (C=O) groups is 1. The van der Waals surface area contributed by atoms with Gasteiger partial charge in [0.05, 0.1) is 0 Å². The highest BCUT2D eigenvalue weighted by molar-refractivity contribution is 5.95. The van der Waals surface area contributed by atoms with Gasteiger partial charge >= 0.3 is 0 Å². The quantitative estimate of drug-likeness (QED) is 0.339. The Morgan fingerprint density at radius 1 is 1.40 bits per heavy atom. The zero-order chi connectivity index (χ0) is 14.5. The fourth-order valence-corrected chi connectivity index (χ4v) is 2.70. The van der Waals surface area contributed by atoms with Crippen LogP contribution in [0.5, 0.6) is 0 Å². The molecule has 1 aromatic carbocycles. The van der Waals surface area contributed by atoms with Crippen LogP contribution in [0.1, 0.15) is 42.1 Å². The van der Waals surface area contributed by atoms with Gasteiger partial charge in [-0.2, -0.15) is 0 Å². The van der Waals surface area contributed by atoms with Gasteiger partial charge < -0.3 is 16.3 Å². The fourth-order valence-electron chi connectivity index (χ4n) is 2.70. The van der Waals surface area contributed by atoms with Gasteiger partial charge in [0.2, 0.25) is 0 Å². The van der Waals surface area contributed by atoms with Gasteiger partial charge in [-0.25, -0.2) is 0 Å². The summed E-state index contributed by atoms with van der Waals surface area (Å²) in [6.07, 6.45) is 3.63. The number of benzene rings is 1. The molecular weight excluding hydrogens is 254 g/mol. The van der Waals surface area contributed by atoms with E-state index in [2.05, 4.69) is 17.4 Å². The minimum atomic E-state index is -0.102. The molecular formula is C15H21N3O2. The van der Waals surface area contributed by atoms with Crippen LogP contribution < -0.4 is 11.1 Å². The Hall–Kier alpha value is -2.04. The Kier molecular flexibility index (Phi) is 4.61. The molecule has 0 aromatic heterocycles. The third-order valence-electron chi connectivity index (χ3n) is 3.95. The van der Waals surface area contributed by atoms with Crippen molar-refractivity contribution in [2.24, 2.45) is 16.8 Å². The first-order valence-corrected chi connectivity index (χ1v) is 7.03. The van der Waals surface area contributed by atoms with E-state index in [0.29, 0.717) is 5.56 Å². The predicted octanol–water partition coefficient (Wildman–Crippen LogP) is 1.89. The molecule has 2 unspecified atom stereocenters. The van der Waals surface area contributed by atoms with E-state index in [1.54, 1.807) is 0 Å². The molecule has 1 fully saturated rings. The second kappa shape index (κ2) is 6.41. The molecule has 0 saturated heterocycles. The number of amides is 1. The van der Waals surface area contributed by atoms with Gasteiger partial charge in [-0.15, -0.1) is 0 Å². The van der Waals surface area contributed by atoms with Crippen LogP contribution in [-0.4, -0.2) is 23.0 Å². The van der Waals surface area contributed by atoms with Crippen molar-refractivity contribution in [2.45, 2.75) is 38.6 Å². The lowest BCUT2D eigenvalue weighted by Gasteiger charge is -2.19. The summed E-state index contributed by atoms with van der Waals surface area (Å²) in [5, 5.41) is 14.8. The standard InChI is InChI=1S/C15H21N3O2/c1-2-10-6-8-11(9-7-10)15(19)17-13-5-3-4-12(13)14(16)18-20/h6-9,12-13,20H,2-5H2,1H3,(H2,16,18)(H,17,19). The molecule has 0 heterocycles. The van der Waals surface area contributed by atoms with Crippen molar-refractivity contribution >= 4 is 11.7 Å². The molecule has 4 N–H and O–H groups in total. The molecule has 20 heavy (non-hydrogen) atoms. The van der Waals surface area contributed by atoms with E-state index in [4.69, 9.17) is 10.9 Å². The van der Waals surface area contributed by atoms with Crippen LogP contribution in [0, 0.1) is 5.92 Å². The van der Waals surface area contributed by atoms with Crippen LogP contribution in [0.15, 0.2) is 29.4 Å². The van der Waals surface area contributed by atoms with E-state index < -0.39 is 0 Å². The summed E-state index contributed by atoms with van der Waals surface area (Å²) < 4.78 is 0. The van der Waals surface area contributed by atoms with Crippen molar-refractivity contribution in [3.8, 4) is 0 Å². The number of hydrogen-bond donors (Lipinski definition) is 3. The van der Waals surface area contributed by atoms with Gasteiger partial charge in [-0.1, -0.05) is 30.6 Å². The topological polar surface area (TPSA) is 87.7 Å². The molecule has 1 aromatic rings. The molecule has 1 amide bonds. The van der Waals surface area contributed by atoms with Crippen molar-refractivity contribution in [3.63, 3.8) is 0 Å². The Bertz CT molecular complexity index is 496. The number of nitrogens with two attached hydrogens (primary N) is 1. The molecule has 108 valence electrons. The zero-order valence-electron chi connectivity index (χ0n) is 11.7. The van der Waals surface area contributed by atoms with Gasteiger partial charge in [0.1, 0.15) is 5.84 Å². The minimum absolute atomic E-state index is 0.0516. The number of nitrogens with one attached hydrogen (secondary N) is 1. The second-order valence-electron chi connectivity index (χ2n) is 5.19. The van der Waals surface area contributed by atoms with Crippen LogP contribution in [0.4, 0.5) is 0 Å². The predicted molar refractivity (Wildman–Crippen MR) is 77.8 cm³/mol. The Morgan fingerprint density at radius 3 is 2.70 bits per heavy atom. The van der Waals surface area contributed by atoms with Crippen LogP contribution in [0.3, 0.4) is 0 Å². The highest BCUT2D eigenvalue weighted by Gasteiger charge is 2.31. The van der Waals surface area contributed by atoms with E-state index in [1.165, 1.54) is 5.56 Å². The van der Waals surface area contributed by atoms with Crippen LogP contribution >= 0.6 is 0 Å². The van der Waals surface area contributed by atoms with E-state index in [1.807, 2.05) is 24.3 Å². The molecule has 2 rings (SSSR count). The summed E-state index contributed by atoms with van der Waals surface area (Å²) >= 11 is 0. The molecule has 2 atom stereocenters. The average Bonchev–Trinajstić information content (AvgIpc) is 2.94. The Morgan fingerprint density at radius 2 is 2.10 bits per heavy atom. The Labute approximate surface area is 118 Å². The van der Waals surface area contributed by atoms with Gasteiger partial charge in [-0.3, -0.25) is 4.79 Å². The molecule has 1 aliphatic carbocycles. The molecule has 0 radical (unpaired) electrons. The molecule has 1 saturated carbocycles. The van der Waals surface area contributed by atoms with Gasteiger partial charge in [-0.05, 0) is 37.0 Å². The molecule has 0 spiro atoms. The van der Waals surface area contributed by atoms with Crippen LogP contribution in [-0.2, 0) is 6.42 Å². The SMILES string of the molecule is CCc1ccc(C(=O)NC2CCCC2C(N)=NO)cc1. The van der Waals surface area contributed by atoms with Gasteiger partial charge in [0.15, 0.2) is 0 Å². The smallest absolute Gasteiger partial charge is 0.251 e. The molecule has 0 aliphatic heterocycles. The normalized spacial score (nSPS) is 22.8. The fraction of sp³-hybridized carbons (Fsp3) is 0.467. The van der Waals surface area contributed by atoms with Crippen molar-refractivity contribution < 1.29 is 10.0 Å². The van der Waals surface area contributed by atoms with Crippen molar-refractivity contribution in [3.05, 3.63) is 35.4 Å². The zero-order valence-corrected chi connectivity index (χ0v) is 11.7. The number of aryl methyl sites for hydroxylation is 1. The van der Waals surface area contributed by atoms with E-state index in [-0.39, 0.29) is 23.7 Å². The lowest BCUT2D eigenvalue weighted by atomic mass is 10.0. The van der Waals surface area contributed by atoms with Crippen LogP contribution in [0.25, 0.3) is 0 Å². The maximum atomic E-state index is 12.2. The number of nitrogens with zero attached hydrogens (tertiary/aromatic N) is 1. The lowest BCUT2D eigenvalue weighted by molar-refractivity contribution is 0.0933. The molecule has 5 nitrogen and oxygen atoms in total. The van der Waals surface area contributed by atoms with E-state index in [9.17, 15) is 4.79 Å². The van der Waals surface area contributed by atoms with Crippen molar-refractivity contribution in [2.75, 3.05) is 0 Å². The maximum Gasteiger partial charge on any atom is 0.251 e. The van der Waals surface area contributed by atoms with E-state index in [0.717, 1.165) is 25.7 Å². The summed E-state index contributed by atoms with van der Waals surface area (Å²) in [4.78, 5) is 12.2. The summed E-state index contributed by atoms with van der Waals surface area (Å²) in [5.41, 5.74) is 7.52. The number of amidine groups is 1. The minimum Gasteiger partial charge on any atom is -0.409 e. The largest absolute Gasteiger partial charge is 0.409 e. The average molecular weight is 275 g/mol. The third-order valence-corrected chi connectivity index (χ3v) is 3.95. The van der Waals surface area contributed by atoms with Crippen LogP contribution in [0.2, 0.25) is 0 Å². The molecule has 1 aliphatic rings. The number of hydrogen-bond acceptors (Lipinski definition) is 3. The van der Waals surface area contributed by atoms with Crippen molar-refractivity contribution in [1.29, 1.82) is 0 Å². The number of rotatable bonds is 4. The molecule has 0 bridgehead atoms. The third kappa shape index (κ3) is 3.10. The maximum absolute atomic E-state index is 12.2. The summed E-state index contributed by atoms with van der Waals surface area (Å²) in [6, 6.07) is 7.54. The van der Waals surface area contributed by atoms with Gasteiger partial charge in [0.25, 0.3) is 5.91 Å². The molecule has 5 heteroatoms. The Balaban J connectivity index is 2.03. The summed E-state index contributed by atoms with van der Waals surface area (Å²) in [7, 11) is 0. The van der Waals surface area contributed by atoms with E-state index >= 15 is 0 Å². The van der Waals surface area contributed by atoms with Gasteiger partial charge in [0, 0.05) is 17.5 Å². The highest BCUT2D eigenvalue weighted by atomic mass is 16.4. The second-order valence-corrected chi connectivity index (χ2v) is 5.19. The highest BCUT2D eigenvalue weighted by Crippen LogP contribution is 2.26. The first-order valence-electron chi connectivity index (χ1n) is 7.03. The summed E-state index contributed by atoms with van der Waals surface area (Å²) in [5.74, 6) is 0.0308. The first-order chi connectivity index (χ1) is 9.65. The first kappa shape index (κ1) is 14.4. The number of carbonyl (C=O) groups excluding carboxylic acids is 1. The summed E-state index contributed by atoms with van der Waals surface area (Å²) in [6.45, 7) is 2.08. The monoisotopic (exact) mass is 275 g/mol. The number of oxime groups is 1. The van der Waals surface area contributed by atoms with Crippen molar-refractivity contribution in [1.82, 2.24) is 5.32 Å².